The van der Waals surface area contributed by atoms with Gasteiger partial charge in [0.05, 0.1) is 6.61 Å². The second-order valence-electron chi connectivity index (χ2n) is 8.81. The van der Waals surface area contributed by atoms with Gasteiger partial charge in [-0.15, -0.1) is 0 Å². The average molecular weight is 462 g/mol. The van der Waals surface area contributed by atoms with Gasteiger partial charge in [-0.25, -0.2) is 18.0 Å². The van der Waals surface area contributed by atoms with Gasteiger partial charge in [-0.2, -0.15) is 0 Å². The minimum Gasteiger partial charge on any atom is -0.449 e. The molecule has 0 atom stereocenters. The van der Waals surface area contributed by atoms with Crippen LogP contribution in [0.4, 0.5) is 23.7 Å². The van der Waals surface area contributed by atoms with Crippen LogP contribution in [0.3, 0.4) is 0 Å². The van der Waals surface area contributed by atoms with E-state index in [4.69, 9.17) is 4.74 Å². The molecule has 2 saturated heterocycles. The van der Waals surface area contributed by atoms with Crippen LogP contribution in [0.15, 0.2) is 42.5 Å². The third-order valence-corrected chi connectivity index (χ3v) is 6.58. The van der Waals surface area contributed by atoms with Crippen LogP contribution in [0.1, 0.15) is 24.8 Å². The van der Waals surface area contributed by atoms with E-state index in [1.165, 1.54) is 5.56 Å². The van der Waals surface area contributed by atoms with E-state index in [9.17, 15) is 18.0 Å². The first-order chi connectivity index (χ1) is 16.0. The third-order valence-electron chi connectivity index (χ3n) is 6.58. The molecule has 2 aliphatic rings. The number of hydrogen-bond donors (Lipinski definition) is 0. The molecule has 0 N–H and O–H groups in total. The van der Waals surface area contributed by atoms with Crippen molar-refractivity contribution >= 4 is 11.8 Å². The first kappa shape index (κ1) is 23.4. The molecule has 4 rings (SSSR count). The predicted molar refractivity (Wildman–Crippen MR) is 121 cm³/mol. The molecule has 2 fully saturated rings. The minimum atomic E-state index is -1.47. The van der Waals surface area contributed by atoms with E-state index in [2.05, 4.69) is 29.2 Å². The molecule has 0 aliphatic carbocycles. The highest BCUT2D eigenvalue weighted by atomic mass is 19.2. The summed E-state index contributed by atoms with van der Waals surface area (Å²) in [4.78, 5) is 18.2. The number of hydrogen-bond acceptors (Lipinski definition) is 4. The van der Waals surface area contributed by atoms with E-state index in [1.807, 2.05) is 6.07 Å². The topological polar surface area (TPSA) is 36.0 Å². The average Bonchev–Trinajstić information content (AvgIpc) is 2.84. The van der Waals surface area contributed by atoms with Crippen LogP contribution >= 0.6 is 0 Å². The number of piperazine rings is 1. The monoisotopic (exact) mass is 461 g/mol. The summed E-state index contributed by atoms with van der Waals surface area (Å²) in [5.74, 6) is -3.33. The molecule has 2 aromatic rings. The molecule has 0 radical (unpaired) electrons. The Bertz CT molecular complexity index is 905. The number of benzene rings is 2. The second-order valence-corrected chi connectivity index (χ2v) is 8.81. The number of carbonyl (C=O) groups excluding carboxylic acids is 1. The lowest BCUT2D eigenvalue weighted by Gasteiger charge is -2.35. The zero-order chi connectivity index (χ0) is 23.2. The van der Waals surface area contributed by atoms with Crippen molar-refractivity contribution in [2.75, 3.05) is 50.8 Å². The predicted octanol–water partition coefficient (Wildman–Crippen LogP) is 4.66. The van der Waals surface area contributed by atoms with Gasteiger partial charge in [0.25, 0.3) is 0 Å². The number of likely N-dealkylation sites (tertiary alicyclic amines) is 1. The van der Waals surface area contributed by atoms with Crippen LogP contribution in [0.5, 0.6) is 0 Å². The van der Waals surface area contributed by atoms with Crippen LogP contribution < -0.4 is 4.90 Å². The van der Waals surface area contributed by atoms with Crippen molar-refractivity contribution < 1.29 is 22.7 Å². The Balaban J connectivity index is 1.14. The quantitative estimate of drug-likeness (QED) is 0.586. The Morgan fingerprint density at radius 2 is 1.55 bits per heavy atom. The van der Waals surface area contributed by atoms with E-state index >= 15 is 0 Å². The largest absolute Gasteiger partial charge is 0.449 e. The van der Waals surface area contributed by atoms with E-state index in [1.54, 1.807) is 9.80 Å². The molecular weight excluding hydrogens is 431 g/mol. The molecule has 0 unspecified atom stereocenters. The van der Waals surface area contributed by atoms with Crippen molar-refractivity contribution in [2.45, 2.75) is 25.8 Å². The van der Waals surface area contributed by atoms with Crippen molar-refractivity contribution in [3.63, 3.8) is 0 Å². The van der Waals surface area contributed by atoms with Crippen molar-refractivity contribution in [1.82, 2.24) is 9.80 Å². The molecule has 2 heterocycles. The fraction of sp³-hybridized carbons (Fsp3) is 0.480. The Labute approximate surface area is 192 Å². The zero-order valence-electron chi connectivity index (χ0n) is 18.7. The molecule has 0 bridgehead atoms. The maximum absolute atomic E-state index is 13.5. The van der Waals surface area contributed by atoms with Gasteiger partial charge in [0.15, 0.2) is 17.5 Å². The summed E-state index contributed by atoms with van der Waals surface area (Å²) in [5.41, 5.74) is 1.61. The van der Waals surface area contributed by atoms with Crippen LogP contribution in [0.25, 0.3) is 0 Å². The molecule has 2 aromatic carbocycles. The number of piperidine rings is 1. The maximum Gasteiger partial charge on any atom is 0.409 e. The van der Waals surface area contributed by atoms with Gasteiger partial charge in [-0.1, -0.05) is 30.3 Å². The number of anilines is 1. The summed E-state index contributed by atoms with van der Waals surface area (Å²) >= 11 is 0. The standard InChI is InChI=1S/C25H30F3N3O2/c26-22-16-21(17-23(27)24(22)28)30-11-13-31(14-12-30)25(32)33-15-8-19-6-9-29(10-7-19)18-20-4-2-1-3-5-20/h1-5,16-17,19H,6-15,18H2. The van der Waals surface area contributed by atoms with Gasteiger partial charge in [-0.3, -0.25) is 4.90 Å². The number of amides is 1. The van der Waals surface area contributed by atoms with Crippen LogP contribution in [0, 0.1) is 23.4 Å². The lowest BCUT2D eigenvalue weighted by atomic mass is 9.93. The fourth-order valence-electron chi connectivity index (χ4n) is 4.55. The highest BCUT2D eigenvalue weighted by Crippen LogP contribution is 2.24. The lowest BCUT2D eigenvalue weighted by Crippen LogP contribution is -2.49. The molecule has 178 valence electrons. The van der Waals surface area contributed by atoms with Crippen LogP contribution in [-0.4, -0.2) is 61.8 Å². The summed E-state index contributed by atoms with van der Waals surface area (Å²) in [6.07, 6.45) is 2.72. The fourth-order valence-corrected chi connectivity index (χ4v) is 4.55. The van der Waals surface area contributed by atoms with Crippen LogP contribution in [0.2, 0.25) is 0 Å². The number of nitrogens with zero attached hydrogens (tertiary/aromatic N) is 3. The van der Waals surface area contributed by atoms with Gasteiger partial charge in [0.2, 0.25) is 0 Å². The van der Waals surface area contributed by atoms with Crippen molar-refractivity contribution in [2.24, 2.45) is 5.92 Å². The van der Waals surface area contributed by atoms with Gasteiger partial charge >= 0.3 is 6.09 Å². The highest BCUT2D eigenvalue weighted by molar-refractivity contribution is 5.68. The number of rotatable bonds is 6. The molecule has 0 spiro atoms. The molecule has 0 saturated carbocycles. The molecule has 0 aromatic heterocycles. The number of carbonyl (C=O) groups is 1. The molecule has 33 heavy (non-hydrogen) atoms. The number of ether oxygens (including phenoxy) is 1. The van der Waals surface area contributed by atoms with Gasteiger partial charge in [-0.05, 0) is 43.8 Å². The van der Waals surface area contributed by atoms with E-state index in [0.717, 1.165) is 51.0 Å². The summed E-state index contributed by atoms with van der Waals surface area (Å²) in [6, 6.07) is 12.4. The minimum absolute atomic E-state index is 0.276. The Morgan fingerprint density at radius 3 is 2.18 bits per heavy atom. The zero-order valence-corrected chi connectivity index (χ0v) is 18.7. The van der Waals surface area contributed by atoms with E-state index < -0.39 is 17.5 Å². The maximum atomic E-state index is 13.5. The number of halogens is 3. The Kier molecular flexibility index (Phi) is 7.75. The normalized spacial score (nSPS) is 17.9. The summed E-state index contributed by atoms with van der Waals surface area (Å²) < 4.78 is 45.6. The van der Waals surface area contributed by atoms with E-state index in [-0.39, 0.29) is 11.8 Å². The second kappa shape index (κ2) is 10.9. The Morgan fingerprint density at radius 1 is 0.909 bits per heavy atom. The molecule has 2 aliphatic heterocycles. The lowest BCUT2D eigenvalue weighted by molar-refractivity contribution is 0.0874. The highest BCUT2D eigenvalue weighted by Gasteiger charge is 2.25. The van der Waals surface area contributed by atoms with Crippen molar-refractivity contribution in [3.05, 3.63) is 65.5 Å². The van der Waals surface area contributed by atoms with Crippen molar-refractivity contribution in [3.8, 4) is 0 Å². The molecule has 8 heteroatoms. The van der Waals surface area contributed by atoms with Gasteiger partial charge < -0.3 is 14.5 Å². The third kappa shape index (κ3) is 6.19. The SMILES string of the molecule is O=C(OCCC1CCN(Cc2ccccc2)CC1)N1CCN(c2cc(F)c(F)c(F)c2)CC1. The van der Waals surface area contributed by atoms with Gasteiger partial charge in [0.1, 0.15) is 0 Å². The van der Waals surface area contributed by atoms with Gasteiger partial charge in [0, 0.05) is 50.5 Å². The summed E-state index contributed by atoms with van der Waals surface area (Å²) in [7, 11) is 0. The molecule has 5 nitrogen and oxygen atoms in total. The smallest absolute Gasteiger partial charge is 0.409 e. The first-order valence-electron chi connectivity index (χ1n) is 11.6. The van der Waals surface area contributed by atoms with E-state index in [0.29, 0.717) is 38.7 Å². The molecular formula is C25H30F3N3O2. The van der Waals surface area contributed by atoms with Crippen molar-refractivity contribution in [1.29, 1.82) is 0 Å². The summed E-state index contributed by atoms with van der Waals surface area (Å²) in [5, 5.41) is 0. The summed E-state index contributed by atoms with van der Waals surface area (Å²) in [6.45, 7) is 5.07. The Hall–Kier alpha value is -2.74. The van der Waals surface area contributed by atoms with Crippen LogP contribution in [-0.2, 0) is 11.3 Å². The molecule has 1 amide bonds. The first-order valence-corrected chi connectivity index (χ1v) is 11.6.